The number of rotatable bonds is 4. The van der Waals surface area contributed by atoms with E-state index < -0.39 is 18.2 Å². The number of hydrogen-bond acceptors (Lipinski definition) is 5. The van der Waals surface area contributed by atoms with E-state index in [0.29, 0.717) is 12.8 Å². The van der Waals surface area contributed by atoms with Gasteiger partial charge in [0, 0.05) is 19.2 Å². The third-order valence-electron chi connectivity index (χ3n) is 4.13. The summed E-state index contributed by atoms with van der Waals surface area (Å²) in [5.74, 6) is -0.0863. The average molecular weight is 297 g/mol. The van der Waals surface area contributed by atoms with E-state index in [1.807, 2.05) is 13.8 Å². The zero-order valence-corrected chi connectivity index (χ0v) is 12.7. The fraction of sp³-hybridized carbons (Fsp3) is 0.714. The summed E-state index contributed by atoms with van der Waals surface area (Å²) in [6.07, 6.45) is -0.983. The third-order valence-corrected chi connectivity index (χ3v) is 4.13. The number of ether oxygens (including phenoxy) is 1. The van der Waals surface area contributed by atoms with Crippen molar-refractivity contribution in [3.8, 4) is 0 Å². The lowest BCUT2D eigenvalue weighted by molar-refractivity contribution is -0.153. The monoisotopic (exact) mass is 297 g/mol. The molecule has 1 fully saturated rings. The Morgan fingerprint density at radius 3 is 2.76 bits per heavy atom. The molecule has 1 aliphatic rings. The second-order valence-electron chi connectivity index (χ2n) is 5.58. The quantitative estimate of drug-likeness (QED) is 0.698. The van der Waals surface area contributed by atoms with Gasteiger partial charge in [0.2, 0.25) is 5.91 Å². The van der Waals surface area contributed by atoms with Gasteiger partial charge in [-0.15, -0.1) is 0 Å². The molecule has 0 radical (unpaired) electrons. The number of aromatic nitrogens is 2. The van der Waals surface area contributed by atoms with E-state index in [-0.39, 0.29) is 19.1 Å². The van der Waals surface area contributed by atoms with Crippen LogP contribution in [-0.2, 0) is 16.0 Å². The molecule has 1 aromatic heterocycles. The van der Waals surface area contributed by atoms with Gasteiger partial charge < -0.3 is 19.8 Å². The van der Waals surface area contributed by atoms with Gasteiger partial charge in [-0.2, -0.15) is 5.10 Å². The molecule has 1 amide bonds. The van der Waals surface area contributed by atoms with Crippen molar-refractivity contribution in [2.24, 2.45) is 0 Å². The molecular formula is C14H23N3O4. The summed E-state index contributed by atoms with van der Waals surface area (Å²) in [7, 11) is 1.63. The van der Waals surface area contributed by atoms with Crippen molar-refractivity contribution in [2.45, 2.75) is 44.9 Å². The second kappa shape index (κ2) is 6.55. The summed E-state index contributed by atoms with van der Waals surface area (Å²) >= 11 is 0. The van der Waals surface area contributed by atoms with Crippen LogP contribution in [0.2, 0.25) is 0 Å². The fourth-order valence-electron chi connectivity index (χ4n) is 2.64. The zero-order chi connectivity index (χ0) is 15.6. The van der Waals surface area contributed by atoms with Crippen LogP contribution in [-0.4, -0.2) is 69.7 Å². The molecule has 1 saturated heterocycles. The second-order valence-corrected chi connectivity index (χ2v) is 5.58. The Hall–Kier alpha value is -1.44. The molecule has 1 aromatic rings. The predicted molar refractivity (Wildman–Crippen MR) is 75.8 cm³/mol. The van der Waals surface area contributed by atoms with E-state index in [0.717, 1.165) is 17.0 Å². The van der Waals surface area contributed by atoms with E-state index in [9.17, 15) is 15.0 Å². The van der Waals surface area contributed by atoms with Crippen LogP contribution < -0.4 is 0 Å². The van der Waals surface area contributed by atoms with E-state index in [4.69, 9.17) is 4.74 Å². The number of aromatic amines is 1. The van der Waals surface area contributed by atoms with Gasteiger partial charge in [0.1, 0.15) is 12.2 Å². The van der Waals surface area contributed by atoms with Crippen molar-refractivity contribution in [1.29, 1.82) is 0 Å². The van der Waals surface area contributed by atoms with Gasteiger partial charge >= 0.3 is 0 Å². The molecule has 7 nitrogen and oxygen atoms in total. The van der Waals surface area contributed by atoms with E-state index in [2.05, 4.69) is 10.2 Å². The molecule has 0 spiro atoms. The summed E-state index contributed by atoms with van der Waals surface area (Å²) in [6, 6.07) is -0.507. The van der Waals surface area contributed by atoms with E-state index in [1.54, 1.807) is 7.05 Å². The number of aliphatic hydroxyl groups excluding tert-OH is 2. The standard InChI is InChI=1S/C14H23N3O4/c1-8-10(9(2)16-15-8)4-5-13(19)17(3)11-6-21-7-12(18)14(11)20/h11-12,14,18,20H,4-7H2,1-3H3,(H,15,16)/t11-,12-,14+/m1/s1. The normalized spacial score (nSPS) is 25.9. The van der Waals surface area contributed by atoms with Crippen LogP contribution in [0.4, 0.5) is 0 Å². The fourth-order valence-corrected chi connectivity index (χ4v) is 2.64. The van der Waals surface area contributed by atoms with Crippen LogP contribution in [0.25, 0.3) is 0 Å². The molecule has 2 heterocycles. The van der Waals surface area contributed by atoms with Crippen molar-refractivity contribution >= 4 is 5.91 Å². The number of hydrogen-bond donors (Lipinski definition) is 3. The lowest BCUT2D eigenvalue weighted by Gasteiger charge is -2.37. The molecule has 1 aliphatic heterocycles. The number of aryl methyl sites for hydroxylation is 2. The Labute approximate surface area is 123 Å². The molecule has 118 valence electrons. The molecule has 0 bridgehead atoms. The molecule has 0 aromatic carbocycles. The van der Waals surface area contributed by atoms with Crippen molar-refractivity contribution < 1.29 is 19.7 Å². The van der Waals surface area contributed by atoms with Crippen molar-refractivity contribution in [1.82, 2.24) is 15.1 Å². The Morgan fingerprint density at radius 1 is 1.43 bits per heavy atom. The number of amides is 1. The van der Waals surface area contributed by atoms with Gasteiger partial charge in [-0.1, -0.05) is 0 Å². The first-order chi connectivity index (χ1) is 9.91. The Bertz CT molecular complexity index is 483. The number of carbonyl (C=O) groups is 1. The summed E-state index contributed by atoms with van der Waals surface area (Å²) in [5.41, 5.74) is 2.93. The first-order valence-corrected chi connectivity index (χ1v) is 7.11. The maximum atomic E-state index is 12.3. The number of H-pyrrole nitrogens is 1. The van der Waals surface area contributed by atoms with Crippen molar-refractivity contribution in [2.75, 3.05) is 20.3 Å². The SMILES string of the molecule is Cc1n[nH]c(C)c1CCC(=O)N(C)[C@@H]1COC[C@@H](O)[C@H]1O. The molecule has 7 heteroatoms. The molecule has 0 unspecified atom stereocenters. The Morgan fingerprint density at radius 2 is 2.14 bits per heavy atom. The minimum absolute atomic E-state index is 0.0863. The molecule has 3 N–H and O–H groups in total. The minimum atomic E-state index is -0.968. The van der Waals surface area contributed by atoms with Gasteiger partial charge in [0.15, 0.2) is 0 Å². The molecule has 21 heavy (non-hydrogen) atoms. The van der Waals surface area contributed by atoms with Crippen LogP contribution in [0.3, 0.4) is 0 Å². The number of nitrogens with one attached hydrogen (secondary N) is 1. The first kappa shape index (κ1) is 15.9. The highest BCUT2D eigenvalue weighted by molar-refractivity contribution is 5.76. The first-order valence-electron chi connectivity index (χ1n) is 7.11. The van der Waals surface area contributed by atoms with Gasteiger partial charge in [-0.25, -0.2) is 0 Å². The van der Waals surface area contributed by atoms with Crippen LogP contribution in [0.15, 0.2) is 0 Å². The average Bonchev–Trinajstić information content (AvgIpc) is 2.78. The van der Waals surface area contributed by atoms with Crippen molar-refractivity contribution in [3.05, 3.63) is 17.0 Å². The zero-order valence-electron chi connectivity index (χ0n) is 12.7. The minimum Gasteiger partial charge on any atom is -0.388 e. The third kappa shape index (κ3) is 3.42. The van der Waals surface area contributed by atoms with Crippen molar-refractivity contribution in [3.63, 3.8) is 0 Å². The van der Waals surface area contributed by atoms with Crippen LogP contribution >= 0.6 is 0 Å². The molecule has 0 aliphatic carbocycles. The number of aliphatic hydroxyl groups is 2. The maximum Gasteiger partial charge on any atom is 0.223 e. The Kier molecular flexibility index (Phi) is 4.97. The lowest BCUT2D eigenvalue weighted by Crippen LogP contribution is -2.56. The van der Waals surface area contributed by atoms with E-state index in [1.165, 1.54) is 4.90 Å². The number of likely N-dealkylation sites (N-methyl/N-ethyl adjacent to an activating group) is 1. The molecule has 2 rings (SSSR count). The predicted octanol–water partition coefficient (Wildman–Crippen LogP) is -0.462. The Balaban J connectivity index is 1.93. The smallest absolute Gasteiger partial charge is 0.223 e. The van der Waals surface area contributed by atoms with Gasteiger partial charge in [0.05, 0.1) is 24.9 Å². The van der Waals surface area contributed by atoms with Gasteiger partial charge in [-0.3, -0.25) is 9.89 Å². The molecule has 3 atom stereocenters. The highest BCUT2D eigenvalue weighted by atomic mass is 16.5. The summed E-state index contributed by atoms with van der Waals surface area (Å²) in [5, 5.41) is 26.6. The number of nitrogens with zero attached hydrogens (tertiary/aromatic N) is 2. The topological polar surface area (TPSA) is 98.7 Å². The van der Waals surface area contributed by atoms with E-state index >= 15 is 0 Å². The van der Waals surface area contributed by atoms with Crippen LogP contribution in [0.5, 0.6) is 0 Å². The highest BCUT2D eigenvalue weighted by Crippen LogP contribution is 2.17. The summed E-state index contributed by atoms with van der Waals surface area (Å²) in [4.78, 5) is 13.7. The molecule has 0 saturated carbocycles. The van der Waals surface area contributed by atoms with Gasteiger partial charge in [0.25, 0.3) is 0 Å². The maximum absolute atomic E-state index is 12.3. The van der Waals surface area contributed by atoms with Crippen LogP contribution in [0, 0.1) is 13.8 Å². The molecular weight excluding hydrogens is 274 g/mol. The largest absolute Gasteiger partial charge is 0.388 e. The van der Waals surface area contributed by atoms with Gasteiger partial charge in [-0.05, 0) is 25.8 Å². The highest BCUT2D eigenvalue weighted by Gasteiger charge is 2.35. The van der Waals surface area contributed by atoms with Crippen LogP contribution in [0.1, 0.15) is 23.4 Å². The lowest BCUT2D eigenvalue weighted by atomic mass is 10.0. The summed E-state index contributed by atoms with van der Waals surface area (Å²) < 4.78 is 5.21. The number of carbonyl (C=O) groups excluding carboxylic acids is 1. The summed E-state index contributed by atoms with van der Waals surface area (Å²) in [6.45, 7) is 4.18.